The standard InChI is InChI=1S/C20H19IN4/c1-14(22)16-3-2-4-19(9-16)24-11-17-12-25(23-20(17)13-24)10-15-5-7-18(21)8-6-15/h2-9,12H,1,10-11,13,22H2. The average Bonchev–Trinajstić information content (AvgIpc) is 3.15. The number of nitrogens with two attached hydrogens (primary N) is 1. The minimum Gasteiger partial charge on any atom is -0.399 e. The Morgan fingerprint density at radius 2 is 1.96 bits per heavy atom. The van der Waals surface area contributed by atoms with E-state index in [1.54, 1.807) is 0 Å². The van der Waals surface area contributed by atoms with Crippen molar-refractivity contribution >= 4 is 34.0 Å². The van der Waals surface area contributed by atoms with Crippen LogP contribution in [0.15, 0.2) is 61.3 Å². The van der Waals surface area contributed by atoms with Gasteiger partial charge in [0.25, 0.3) is 0 Å². The minimum absolute atomic E-state index is 0.599. The Hall–Kier alpha value is -2.28. The molecule has 4 rings (SSSR count). The first kappa shape index (κ1) is 16.2. The van der Waals surface area contributed by atoms with Gasteiger partial charge in [-0.25, -0.2) is 0 Å². The van der Waals surface area contributed by atoms with E-state index >= 15 is 0 Å². The van der Waals surface area contributed by atoms with E-state index < -0.39 is 0 Å². The van der Waals surface area contributed by atoms with Gasteiger partial charge in [0.1, 0.15) is 0 Å². The number of anilines is 1. The molecular weight excluding hydrogens is 423 g/mol. The van der Waals surface area contributed by atoms with Gasteiger partial charge in [0, 0.05) is 33.3 Å². The highest BCUT2D eigenvalue weighted by Crippen LogP contribution is 2.28. The lowest BCUT2D eigenvalue weighted by atomic mass is 10.1. The SMILES string of the molecule is C=C(N)c1cccc(N2Cc3cn(Cc4ccc(I)cc4)nc3C2)c1. The van der Waals surface area contributed by atoms with Crippen LogP contribution in [0.5, 0.6) is 0 Å². The van der Waals surface area contributed by atoms with Crippen molar-refractivity contribution in [3.63, 3.8) is 0 Å². The number of rotatable bonds is 4. The van der Waals surface area contributed by atoms with Gasteiger partial charge in [0.15, 0.2) is 0 Å². The third kappa shape index (κ3) is 3.42. The van der Waals surface area contributed by atoms with Crippen LogP contribution in [-0.2, 0) is 19.6 Å². The Labute approximate surface area is 161 Å². The molecule has 1 aromatic heterocycles. The Balaban J connectivity index is 1.49. The molecule has 25 heavy (non-hydrogen) atoms. The Bertz CT molecular complexity index is 904. The fourth-order valence-electron chi connectivity index (χ4n) is 3.15. The number of benzene rings is 2. The molecule has 126 valence electrons. The maximum atomic E-state index is 5.82. The van der Waals surface area contributed by atoms with Crippen molar-refractivity contribution in [2.75, 3.05) is 4.90 Å². The van der Waals surface area contributed by atoms with E-state index in [2.05, 4.69) is 76.7 Å². The molecule has 4 nitrogen and oxygen atoms in total. The van der Waals surface area contributed by atoms with E-state index in [4.69, 9.17) is 10.8 Å². The van der Waals surface area contributed by atoms with E-state index in [1.807, 2.05) is 16.8 Å². The van der Waals surface area contributed by atoms with Gasteiger partial charge in [-0.1, -0.05) is 30.8 Å². The van der Waals surface area contributed by atoms with Gasteiger partial charge in [-0.3, -0.25) is 4.68 Å². The molecule has 1 aliphatic rings. The number of nitrogens with zero attached hydrogens (tertiary/aromatic N) is 3. The third-order valence-electron chi connectivity index (χ3n) is 4.47. The van der Waals surface area contributed by atoms with Crippen LogP contribution in [0.1, 0.15) is 22.4 Å². The molecule has 0 aliphatic carbocycles. The Morgan fingerprint density at radius 3 is 2.68 bits per heavy atom. The lowest BCUT2D eigenvalue weighted by Gasteiger charge is -2.19. The van der Waals surface area contributed by atoms with E-state index in [0.29, 0.717) is 5.70 Å². The predicted octanol–water partition coefficient (Wildman–Crippen LogP) is 3.99. The summed E-state index contributed by atoms with van der Waals surface area (Å²) in [5.74, 6) is 0. The molecule has 2 N–H and O–H groups in total. The summed E-state index contributed by atoms with van der Waals surface area (Å²) in [6, 6.07) is 16.8. The Morgan fingerprint density at radius 1 is 1.16 bits per heavy atom. The van der Waals surface area contributed by atoms with Crippen LogP contribution in [0.2, 0.25) is 0 Å². The maximum Gasteiger partial charge on any atom is 0.0867 e. The summed E-state index contributed by atoms with van der Waals surface area (Å²) in [5, 5.41) is 4.77. The number of hydrogen-bond donors (Lipinski definition) is 1. The van der Waals surface area contributed by atoms with Crippen LogP contribution in [-0.4, -0.2) is 9.78 Å². The first-order valence-corrected chi connectivity index (χ1v) is 9.26. The summed E-state index contributed by atoms with van der Waals surface area (Å²) in [6.45, 7) is 6.34. The number of aromatic nitrogens is 2. The molecule has 1 aliphatic heterocycles. The zero-order valence-corrected chi connectivity index (χ0v) is 16.0. The average molecular weight is 442 g/mol. The molecule has 0 spiro atoms. The van der Waals surface area contributed by atoms with Crippen molar-refractivity contribution in [2.45, 2.75) is 19.6 Å². The molecule has 0 unspecified atom stereocenters. The highest BCUT2D eigenvalue weighted by molar-refractivity contribution is 14.1. The van der Waals surface area contributed by atoms with Gasteiger partial charge in [-0.15, -0.1) is 0 Å². The quantitative estimate of drug-likeness (QED) is 0.622. The van der Waals surface area contributed by atoms with Crippen LogP contribution in [0.3, 0.4) is 0 Å². The van der Waals surface area contributed by atoms with Crippen molar-refractivity contribution < 1.29 is 0 Å². The summed E-state index contributed by atoms with van der Waals surface area (Å²) in [4.78, 5) is 2.32. The molecule has 0 atom stereocenters. The van der Waals surface area contributed by atoms with Crippen molar-refractivity contribution in [1.29, 1.82) is 0 Å². The van der Waals surface area contributed by atoms with Crippen LogP contribution in [0.25, 0.3) is 5.70 Å². The largest absolute Gasteiger partial charge is 0.399 e. The van der Waals surface area contributed by atoms with E-state index in [9.17, 15) is 0 Å². The second-order valence-corrected chi connectivity index (χ2v) is 7.60. The molecule has 0 amide bonds. The molecule has 0 saturated heterocycles. The summed E-state index contributed by atoms with van der Waals surface area (Å²) in [7, 11) is 0. The second-order valence-electron chi connectivity index (χ2n) is 6.36. The molecule has 0 bridgehead atoms. The first-order valence-electron chi connectivity index (χ1n) is 8.18. The predicted molar refractivity (Wildman–Crippen MR) is 110 cm³/mol. The molecule has 0 radical (unpaired) electrons. The fraction of sp³-hybridized carbons (Fsp3) is 0.150. The third-order valence-corrected chi connectivity index (χ3v) is 5.19. The molecule has 0 fully saturated rings. The zero-order chi connectivity index (χ0) is 17.4. The number of fused-ring (bicyclic) bond motifs is 1. The summed E-state index contributed by atoms with van der Waals surface area (Å²) in [6.07, 6.45) is 2.17. The van der Waals surface area contributed by atoms with Gasteiger partial charge in [0.05, 0.1) is 18.8 Å². The van der Waals surface area contributed by atoms with Gasteiger partial charge in [-0.2, -0.15) is 5.10 Å². The van der Waals surface area contributed by atoms with Crippen LogP contribution in [0, 0.1) is 3.57 Å². The minimum atomic E-state index is 0.599. The number of hydrogen-bond acceptors (Lipinski definition) is 3. The topological polar surface area (TPSA) is 47.1 Å². The second kappa shape index (κ2) is 6.55. The highest BCUT2D eigenvalue weighted by Gasteiger charge is 2.23. The summed E-state index contributed by atoms with van der Waals surface area (Å²) >= 11 is 2.32. The van der Waals surface area contributed by atoms with Gasteiger partial charge >= 0.3 is 0 Å². The molecule has 3 aromatic rings. The van der Waals surface area contributed by atoms with Crippen molar-refractivity contribution in [1.82, 2.24) is 9.78 Å². The fourth-order valence-corrected chi connectivity index (χ4v) is 3.51. The lowest BCUT2D eigenvalue weighted by molar-refractivity contribution is 0.662. The molecular formula is C20H19IN4. The normalized spacial score (nSPS) is 13.1. The molecule has 0 saturated carbocycles. The Kier molecular flexibility index (Phi) is 4.25. The van der Waals surface area contributed by atoms with Gasteiger partial charge in [-0.05, 0) is 58.0 Å². The molecule has 5 heteroatoms. The zero-order valence-electron chi connectivity index (χ0n) is 13.8. The summed E-state index contributed by atoms with van der Waals surface area (Å²) in [5.41, 5.74) is 12.3. The lowest BCUT2D eigenvalue weighted by Crippen LogP contribution is -2.16. The van der Waals surface area contributed by atoms with Crippen molar-refractivity contribution in [2.24, 2.45) is 5.73 Å². The van der Waals surface area contributed by atoms with Crippen LogP contribution >= 0.6 is 22.6 Å². The van der Waals surface area contributed by atoms with Gasteiger partial charge < -0.3 is 10.6 Å². The van der Waals surface area contributed by atoms with Gasteiger partial charge in [0.2, 0.25) is 0 Å². The molecule has 2 aromatic carbocycles. The maximum absolute atomic E-state index is 5.82. The van der Waals surface area contributed by atoms with Crippen molar-refractivity contribution in [3.8, 4) is 0 Å². The van der Waals surface area contributed by atoms with E-state index in [-0.39, 0.29) is 0 Å². The smallest absolute Gasteiger partial charge is 0.0867 e. The highest BCUT2D eigenvalue weighted by atomic mass is 127. The monoisotopic (exact) mass is 442 g/mol. The van der Waals surface area contributed by atoms with Crippen LogP contribution < -0.4 is 10.6 Å². The first-order chi connectivity index (χ1) is 12.1. The van der Waals surface area contributed by atoms with E-state index in [0.717, 1.165) is 36.6 Å². The van der Waals surface area contributed by atoms with Crippen molar-refractivity contribution in [3.05, 3.63) is 87.3 Å². The summed E-state index contributed by atoms with van der Waals surface area (Å²) < 4.78 is 3.30. The van der Waals surface area contributed by atoms with Crippen LogP contribution in [0.4, 0.5) is 5.69 Å². The van der Waals surface area contributed by atoms with E-state index in [1.165, 1.54) is 14.7 Å². The number of halogens is 1. The molecule has 2 heterocycles.